The first-order valence-corrected chi connectivity index (χ1v) is 9.88. The molecule has 4 heterocycles. The first kappa shape index (κ1) is 18.1. The predicted molar refractivity (Wildman–Crippen MR) is 107 cm³/mol. The van der Waals surface area contributed by atoms with Gasteiger partial charge in [-0.2, -0.15) is 5.10 Å². The average Bonchev–Trinajstić information content (AvgIpc) is 3.14. The zero-order chi connectivity index (χ0) is 19.8. The third kappa shape index (κ3) is 3.47. The van der Waals surface area contributed by atoms with E-state index in [1.54, 1.807) is 12.3 Å². The summed E-state index contributed by atoms with van der Waals surface area (Å²) in [6.07, 6.45) is 2.36. The van der Waals surface area contributed by atoms with Crippen molar-refractivity contribution < 1.29 is 14.3 Å². The van der Waals surface area contributed by atoms with Crippen LogP contribution in [-0.4, -0.2) is 39.9 Å². The molecule has 2 aliphatic rings. The van der Waals surface area contributed by atoms with Gasteiger partial charge in [0, 0.05) is 11.2 Å². The molecule has 1 aromatic carbocycles. The molecule has 8 heteroatoms. The smallest absolute Gasteiger partial charge is 0.272 e. The zero-order valence-corrected chi connectivity index (χ0v) is 16.4. The van der Waals surface area contributed by atoms with E-state index in [4.69, 9.17) is 21.1 Å². The van der Waals surface area contributed by atoms with E-state index in [-0.39, 0.29) is 11.9 Å². The van der Waals surface area contributed by atoms with Gasteiger partial charge in [-0.15, -0.1) is 0 Å². The van der Waals surface area contributed by atoms with Crippen LogP contribution in [-0.2, 0) is 24.3 Å². The standard InChI is InChI=1S/C21H19ClN4O3/c22-14-4-5-18-13(9-14)10-15(11-29-18)24-21(27)20-19(16-3-1-2-6-23-16)17-12-28-8-7-26(17)25-20/h1-6,9,15H,7-8,10-12H2,(H,24,27)/t15-/m1/s1. The fourth-order valence-electron chi connectivity index (χ4n) is 3.80. The van der Waals surface area contributed by atoms with Gasteiger partial charge in [0.2, 0.25) is 0 Å². The van der Waals surface area contributed by atoms with Crippen LogP contribution in [0.3, 0.4) is 0 Å². The Hall–Kier alpha value is -2.90. The van der Waals surface area contributed by atoms with Gasteiger partial charge in [-0.25, -0.2) is 0 Å². The molecular formula is C21H19ClN4O3. The summed E-state index contributed by atoms with van der Waals surface area (Å²) in [7, 11) is 0. The molecule has 1 atom stereocenters. The highest BCUT2D eigenvalue weighted by Gasteiger charge is 2.29. The number of ether oxygens (including phenoxy) is 2. The second-order valence-corrected chi connectivity index (χ2v) is 7.54. The summed E-state index contributed by atoms with van der Waals surface area (Å²) in [4.78, 5) is 17.6. The number of nitrogens with one attached hydrogen (secondary N) is 1. The molecule has 0 spiro atoms. The quantitative estimate of drug-likeness (QED) is 0.718. The second-order valence-electron chi connectivity index (χ2n) is 7.10. The molecule has 0 radical (unpaired) electrons. The number of carbonyl (C=O) groups excluding carboxylic acids is 1. The topological polar surface area (TPSA) is 78.3 Å². The maximum Gasteiger partial charge on any atom is 0.272 e. The van der Waals surface area contributed by atoms with E-state index in [0.717, 1.165) is 22.6 Å². The van der Waals surface area contributed by atoms with E-state index < -0.39 is 0 Å². The lowest BCUT2D eigenvalue weighted by atomic mass is 10.0. The fourth-order valence-corrected chi connectivity index (χ4v) is 3.99. The molecule has 0 saturated heterocycles. The Morgan fingerprint density at radius 2 is 2.21 bits per heavy atom. The van der Waals surface area contributed by atoms with E-state index in [1.807, 2.05) is 35.0 Å². The minimum Gasteiger partial charge on any atom is -0.491 e. The maximum atomic E-state index is 13.2. The second kappa shape index (κ2) is 7.50. The van der Waals surface area contributed by atoms with Crippen molar-refractivity contribution in [3.63, 3.8) is 0 Å². The van der Waals surface area contributed by atoms with Crippen LogP contribution in [0, 0.1) is 0 Å². The molecule has 0 fully saturated rings. The average molecular weight is 411 g/mol. The molecule has 5 rings (SSSR count). The molecular weight excluding hydrogens is 392 g/mol. The Bertz CT molecular complexity index is 1070. The van der Waals surface area contributed by atoms with E-state index in [1.165, 1.54) is 0 Å². The number of carbonyl (C=O) groups is 1. The number of halogens is 1. The van der Waals surface area contributed by atoms with Crippen LogP contribution in [0.4, 0.5) is 0 Å². The van der Waals surface area contributed by atoms with Gasteiger partial charge in [-0.05, 0) is 42.3 Å². The lowest BCUT2D eigenvalue weighted by molar-refractivity contribution is 0.0799. The number of aromatic nitrogens is 3. The number of fused-ring (bicyclic) bond motifs is 2. The predicted octanol–water partition coefficient (Wildman–Crippen LogP) is 2.86. The molecule has 0 bridgehead atoms. The minimum absolute atomic E-state index is 0.167. The van der Waals surface area contributed by atoms with Crippen molar-refractivity contribution in [1.29, 1.82) is 0 Å². The van der Waals surface area contributed by atoms with Crippen molar-refractivity contribution in [2.45, 2.75) is 25.6 Å². The molecule has 0 saturated carbocycles. The van der Waals surface area contributed by atoms with Crippen LogP contribution < -0.4 is 10.1 Å². The minimum atomic E-state index is -0.244. The van der Waals surface area contributed by atoms with E-state index >= 15 is 0 Å². The van der Waals surface area contributed by atoms with Crippen LogP contribution in [0.15, 0.2) is 42.6 Å². The van der Waals surface area contributed by atoms with Gasteiger partial charge in [-0.3, -0.25) is 14.5 Å². The fraction of sp³-hybridized carbons (Fsp3) is 0.286. The number of hydrogen-bond acceptors (Lipinski definition) is 5. The van der Waals surface area contributed by atoms with Crippen LogP contribution >= 0.6 is 11.6 Å². The highest BCUT2D eigenvalue weighted by atomic mass is 35.5. The lowest BCUT2D eigenvalue weighted by Gasteiger charge is -2.26. The third-order valence-corrected chi connectivity index (χ3v) is 5.38. The van der Waals surface area contributed by atoms with Crippen molar-refractivity contribution in [2.75, 3.05) is 13.2 Å². The summed E-state index contributed by atoms with van der Waals surface area (Å²) < 4.78 is 13.2. The molecule has 7 nitrogen and oxygen atoms in total. The highest BCUT2D eigenvalue weighted by molar-refractivity contribution is 6.30. The van der Waals surface area contributed by atoms with E-state index in [2.05, 4.69) is 15.4 Å². The van der Waals surface area contributed by atoms with Crippen molar-refractivity contribution in [1.82, 2.24) is 20.1 Å². The van der Waals surface area contributed by atoms with Crippen molar-refractivity contribution >= 4 is 17.5 Å². The molecule has 0 unspecified atom stereocenters. The Labute approximate surface area is 172 Å². The molecule has 3 aromatic rings. The van der Waals surface area contributed by atoms with Crippen LogP contribution in [0.1, 0.15) is 21.7 Å². The Morgan fingerprint density at radius 3 is 3.07 bits per heavy atom. The number of amides is 1. The first-order valence-electron chi connectivity index (χ1n) is 9.50. The third-order valence-electron chi connectivity index (χ3n) is 5.14. The van der Waals surface area contributed by atoms with Crippen molar-refractivity contribution in [3.8, 4) is 17.0 Å². The number of pyridine rings is 1. The van der Waals surface area contributed by atoms with E-state index in [0.29, 0.717) is 49.2 Å². The van der Waals surface area contributed by atoms with Crippen LogP contribution in [0.25, 0.3) is 11.3 Å². The molecule has 1 N–H and O–H groups in total. The van der Waals surface area contributed by atoms with Crippen molar-refractivity contribution in [2.24, 2.45) is 0 Å². The summed E-state index contributed by atoms with van der Waals surface area (Å²) in [5, 5.41) is 8.29. The van der Waals surface area contributed by atoms with Crippen molar-refractivity contribution in [3.05, 3.63) is 64.6 Å². The summed E-state index contributed by atoms with van der Waals surface area (Å²) in [5.74, 6) is 0.565. The summed E-state index contributed by atoms with van der Waals surface area (Å²) in [5.41, 5.74) is 3.65. The zero-order valence-electron chi connectivity index (χ0n) is 15.6. The lowest BCUT2D eigenvalue weighted by Crippen LogP contribution is -2.43. The Morgan fingerprint density at radius 1 is 1.28 bits per heavy atom. The molecule has 29 heavy (non-hydrogen) atoms. The van der Waals surface area contributed by atoms with Gasteiger partial charge in [-0.1, -0.05) is 17.7 Å². The number of rotatable bonds is 3. The Kier molecular flexibility index (Phi) is 4.69. The first-order chi connectivity index (χ1) is 14.2. The number of benzene rings is 1. The summed E-state index contributed by atoms with van der Waals surface area (Å²) >= 11 is 6.10. The van der Waals surface area contributed by atoms with Gasteiger partial charge in [0.1, 0.15) is 12.4 Å². The monoisotopic (exact) mass is 410 g/mol. The normalized spacial score (nSPS) is 17.8. The number of hydrogen-bond donors (Lipinski definition) is 1. The van der Waals surface area contributed by atoms with Crippen LogP contribution in [0.5, 0.6) is 5.75 Å². The van der Waals surface area contributed by atoms with Gasteiger partial charge in [0.15, 0.2) is 5.69 Å². The van der Waals surface area contributed by atoms with E-state index in [9.17, 15) is 4.79 Å². The SMILES string of the molecule is O=C(N[C@H]1COc2ccc(Cl)cc2C1)c1nn2c(c1-c1ccccn1)COCC2. The molecule has 0 aliphatic carbocycles. The summed E-state index contributed by atoms with van der Waals surface area (Å²) in [6.45, 7) is 1.99. The van der Waals surface area contributed by atoms with Gasteiger partial charge in [0.05, 0.1) is 42.8 Å². The van der Waals surface area contributed by atoms with Gasteiger partial charge < -0.3 is 14.8 Å². The van der Waals surface area contributed by atoms with Gasteiger partial charge >= 0.3 is 0 Å². The molecule has 2 aliphatic heterocycles. The highest BCUT2D eigenvalue weighted by Crippen LogP contribution is 2.30. The largest absolute Gasteiger partial charge is 0.491 e. The molecule has 148 valence electrons. The van der Waals surface area contributed by atoms with Gasteiger partial charge in [0.25, 0.3) is 5.91 Å². The molecule has 1 amide bonds. The number of nitrogens with zero attached hydrogens (tertiary/aromatic N) is 3. The molecule has 2 aromatic heterocycles. The maximum absolute atomic E-state index is 13.2. The Balaban J connectivity index is 1.44. The van der Waals surface area contributed by atoms with Crippen LogP contribution in [0.2, 0.25) is 5.02 Å². The summed E-state index contributed by atoms with van der Waals surface area (Å²) in [6, 6.07) is 11.0.